The van der Waals surface area contributed by atoms with Crippen molar-refractivity contribution in [2.45, 2.75) is 5.25 Å². The number of allylic oxidation sites excluding steroid dienone is 4. The molecule has 2 aliphatic rings. The van der Waals surface area contributed by atoms with Gasteiger partial charge in [-0.25, -0.2) is 8.42 Å². The number of hydrogen-bond donors (Lipinski definition) is 0. The van der Waals surface area contributed by atoms with Crippen molar-refractivity contribution in [1.29, 1.82) is 0 Å². The maximum atomic E-state index is 11.2. The minimum Gasteiger partial charge on any atom is -0.223 e. The van der Waals surface area contributed by atoms with Gasteiger partial charge in [-0.2, -0.15) is 0 Å². The average Bonchev–Trinajstić information content (AvgIpc) is 2.45. The topological polar surface area (TPSA) is 34.1 Å². The van der Waals surface area contributed by atoms with E-state index in [4.69, 9.17) is 0 Å². The Bertz CT molecular complexity index is 401. The lowest BCUT2D eigenvalue weighted by molar-refractivity contribution is 0.609. The Morgan fingerprint density at radius 1 is 1.31 bits per heavy atom. The smallest absolute Gasteiger partial charge is 0.181 e. The number of thioether (sulfide) groups is 1. The highest BCUT2D eigenvalue weighted by Crippen LogP contribution is 2.41. The number of sulfone groups is 1. The molecule has 1 aliphatic heterocycles. The summed E-state index contributed by atoms with van der Waals surface area (Å²) in [5.74, 6) is 0.264. The van der Waals surface area contributed by atoms with Crippen LogP contribution in [0.25, 0.3) is 0 Å². The molecule has 0 amide bonds. The minimum absolute atomic E-state index is 0.264. The van der Waals surface area contributed by atoms with Crippen LogP contribution in [0.5, 0.6) is 0 Å². The molecule has 0 aromatic rings. The van der Waals surface area contributed by atoms with Gasteiger partial charge in [0.2, 0.25) is 0 Å². The lowest BCUT2D eigenvalue weighted by atomic mass is 10.0. The van der Waals surface area contributed by atoms with Gasteiger partial charge in [-0.1, -0.05) is 30.4 Å². The summed E-state index contributed by atoms with van der Waals surface area (Å²) in [5.41, 5.74) is 0. The lowest BCUT2D eigenvalue weighted by Crippen LogP contribution is -2.07. The first-order chi connectivity index (χ1) is 6.07. The summed E-state index contributed by atoms with van der Waals surface area (Å²) in [5, 5.41) is 0.287. The second-order valence-electron chi connectivity index (χ2n) is 3.19. The number of rotatable bonds is 1. The summed E-state index contributed by atoms with van der Waals surface area (Å²) >= 11 is 1.44. The quantitative estimate of drug-likeness (QED) is 0.666. The molecule has 70 valence electrons. The molecule has 0 fully saturated rings. The minimum atomic E-state index is -3.00. The third-order valence-corrected chi connectivity index (χ3v) is 5.25. The zero-order valence-electron chi connectivity index (χ0n) is 7.17. The molecule has 0 bridgehead atoms. The zero-order valence-corrected chi connectivity index (χ0v) is 8.81. The molecule has 0 aromatic heterocycles. The highest BCUT2D eigenvalue weighted by Gasteiger charge is 2.30. The normalized spacial score (nSPS) is 31.6. The highest BCUT2D eigenvalue weighted by molar-refractivity contribution is 8.19. The van der Waals surface area contributed by atoms with E-state index in [9.17, 15) is 8.42 Å². The molecule has 2 unspecified atom stereocenters. The van der Waals surface area contributed by atoms with Crippen LogP contribution in [0.3, 0.4) is 0 Å². The molecule has 0 aromatic carbocycles. The second kappa shape index (κ2) is 3.03. The summed E-state index contributed by atoms with van der Waals surface area (Å²) in [7, 11) is -3.00. The fraction of sp³-hybridized carbons (Fsp3) is 0.333. The molecular weight excluding hydrogens is 204 g/mol. The Kier molecular flexibility index (Phi) is 2.12. The van der Waals surface area contributed by atoms with Gasteiger partial charge >= 0.3 is 0 Å². The fourth-order valence-corrected chi connectivity index (χ4v) is 3.85. The molecule has 13 heavy (non-hydrogen) atoms. The van der Waals surface area contributed by atoms with Gasteiger partial charge in [0.1, 0.15) is 0 Å². The van der Waals surface area contributed by atoms with Crippen molar-refractivity contribution < 1.29 is 8.42 Å². The van der Waals surface area contributed by atoms with Crippen molar-refractivity contribution in [3.63, 3.8) is 0 Å². The molecule has 2 rings (SSSR count). The molecule has 1 aliphatic carbocycles. The first kappa shape index (κ1) is 9.09. The van der Waals surface area contributed by atoms with Crippen LogP contribution in [0.2, 0.25) is 0 Å². The third-order valence-electron chi connectivity index (χ3n) is 2.07. The molecule has 0 N–H and O–H groups in total. The molecule has 0 spiro atoms. The van der Waals surface area contributed by atoms with Crippen LogP contribution in [-0.4, -0.2) is 19.9 Å². The van der Waals surface area contributed by atoms with E-state index in [-0.39, 0.29) is 11.2 Å². The molecule has 2 nitrogen and oxygen atoms in total. The predicted octanol–water partition coefficient (Wildman–Crippen LogP) is 1.73. The largest absolute Gasteiger partial charge is 0.223 e. The van der Waals surface area contributed by atoms with Gasteiger partial charge in [0.05, 0.1) is 4.24 Å². The van der Waals surface area contributed by atoms with Gasteiger partial charge in [0.15, 0.2) is 9.84 Å². The summed E-state index contributed by atoms with van der Waals surface area (Å²) < 4.78 is 23.0. The Balaban J connectivity index is 2.30. The average molecular weight is 214 g/mol. The van der Waals surface area contributed by atoms with E-state index in [0.29, 0.717) is 4.24 Å². The first-order valence-corrected chi connectivity index (χ1v) is 6.78. The SMILES string of the molecule is CS(=O)(=O)C1=CC2C=CC=CC2S1. The van der Waals surface area contributed by atoms with E-state index >= 15 is 0 Å². The van der Waals surface area contributed by atoms with E-state index < -0.39 is 9.84 Å². The van der Waals surface area contributed by atoms with E-state index in [1.54, 1.807) is 0 Å². The van der Waals surface area contributed by atoms with E-state index in [1.807, 2.05) is 30.4 Å². The van der Waals surface area contributed by atoms with Crippen molar-refractivity contribution in [3.8, 4) is 0 Å². The molecule has 4 heteroatoms. The second-order valence-corrected chi connectivity index (χ2v) is 6.65. The van der Waals surface area contributed by atoms with Crippen molar-refractivity contribution in [2.75, 3.05) is 6.26 Å². The van der Waals surface area contributed by atoms with E-state index in [1.165, 1.54) is 18.0 Å². The van der Waals surface area contributed by atoms with Gasteiger partial charge in [-0.15, -0.1) is 11.8 Å². The van der Waals surface area contributed by atoms with E-state index in [0.717, 1.165) is 0 Å². The van der Waals surface area contributed by atoms with Crippen LogP contribution < -0.4 is 0 Å². The summed E-state index contributed by atoms with van der Waals surface area (Å²) in [6, 6.07) is 0. The van der Waals surface area contributed by atoms with Crippen LogP contribution >= 0.6 is 11.8 Å². The van der Waals surface area contributed by atoms with E-state index in [2.05, 4.69) is 0 Å². The van der Waals surface area contributed by atoms with Crippen molar-refractivity contribution in [1.82, 2.24) is 0 Å². The van der Waals surface area contributed by atoms with Crippen LogP contribution in [0.1, 0.15) is 0 Å². The van der Waals surface area contributed by atoms with Gasteiger partial charge in [0.25, 0.3) is 0 Å². The van der Waals surface area contributed by atoms with Crippen molar-refractivity contribution >= 4 is 21.6 Å². The maximum absolute atomic E-state index is 11.2. The molecule has 2 atom stereocenters. The number of hydrogen-bond acceptors (Lipinski definition) is 3. The predicted molar refractivity (Wildman–Crippen MR) is 56.1 cm³/mol. The maximum Gasteiger partial charge on any atom is 0.181 e. The fourth-order valence-electron chi connectivity index (χ4n) is 1.41. The van der Waals surface area contributed by atoms with Crippen molar-refractivity contribution in [2.24, 2.45) is 5.92 Å². The Hall–Kier alpha value is -0.480. The van der Waals surface area contributed by atoms with Crippen LogP contribution in [0, 0.1) is 5.92 Å². The number of fused-ring (bicyclic) bond motifs is 1. The zero-order chi connectivity index (χ0) is 9.47. The summed E-state index contributed by atoms with van der Waals surface area (Å²) in [6.45, 7) is 0. The van der Waals surface area contributed by atoms with Gasteiger partial charge in [-0.3, -0.25) is 0 Å². The third kappa shape index (κ3) is 1.74. The standard InChI is InChI=1S/C9H10O2S2/c1-13(10,11)9-6-7-4-2-3-5-8(7)12-9/h2-8H,1H3. The van der Waals surface area contributed by atoms with Gasteiger partial charge < -0.3 is 0 Å². The molecule has 0 saturated heterocycles. The Labute approximate surface area is 82.3 Å². The molecule has 0 radical (unpaired) electrons. The van der Waals surface area contributed by atoms with Gasteiger partial charge in [0, 0.05) is 17.4 Å². The molecule has 1 heterocycles. The van der Waals surface area contributed by atoms with Crippen LogP contribution in [0.15, 0.2) is 34.6 Å². The monoisotopic (exact) mass is 214 g/mol. The Morgan fingerprint density at radius 3 is 2.62 bits per heavy atom. The van der Waals surface area contributed by atoms with Crippen LogP contribution in [-0.2, 0) is 9.84 Å². The van der Waals surface area contributed by atoms with Crippen LogP contribution in [0.4, 0.5) is 0 Å². The molecular formula is C9H10O2S2. The van der Waals surface area contributed by atoms with Crippen molar-refractivity contribution in [3.05, 3.63) is 34.6 Å². The summed E-state index contributed by atoms with van der Waals surface area (Å²) in [4.78, 5) is 0. The lowest BCUT2D eigenvalue weighted by Gasteiger charge is -2.12. The van der Waals surface area contributed by atoms with Gasteiger partial charge in [-0.05, 0) is 0 Å². The first-order valence-electron chi connectivity index (χ1n) is 4.01. The highest BCUT2D eigenvalue weighted by atomic mass is 32.3. The Morgan fingerprint density at radius 2 is 2.00 bits per heavy atom. The summed E-state index contributed by atoms with van der Waals surface area (Å²) in [6.07, 6.45) is 11.1. The molecule has 0 saturated carbocycles.